The maximum atomic E-state index is 12.5. The molecule has 0 spiro atoms. The van der Waals surface area contributed by atoms with Gasteiger partial charge in [0.05, 0.1) is 0 Å². The molecule has 0 bridgehead atoms. The maximum absolute atomic E-state index is 12.5. The maximum Gasteiger partial charge on any atom is 0.262 e. The number of nitriles is 1. The second-order valence-corrected chi connectivity index (χ2v) is 9.08. The van der Waals surface area contributed by atoms with Gasteiger partial charge in [0.25, 0.3) is 5.91 Å². The Labute approximate surface area is 174 Å². The smallest absolute Gasteiger partial charge is 0.262 e. The van der Waals surface area contributed by atoms with Crippen molar-refractivity contribution < 1.29 is 4.79 Å². The molecular weight excluding hydrogens is 358 g/mol. The van der Waals surface area contributed by atoms with Crippen molar-refractivity contribution in [2.45, 2.75) is 71.8 Å². The van der Waals surface area contributed by atoms with Crippen LogP contribution in [-0.2, 0) is 10.2 Å². The minimum atomic E-state index is -0.265. The molecule has 0 aliphatic heterocycles. The summed E-state index contributed by atoms with van der Waals surface area (Å²) in [7, 11) is 0. The third-order valence-corrected chi connectivity index (χ3v) is 5.82. The highest BCUT2D eigenvalue weighted by Gasteiger charge is 2.20. The molecule has 1 N–H and O–H groups in total. The van der Waals surface area contributed by atoms with E-state index in [1.165, 1.54) is 5.56 Å². The number of nitrogens with one attached hydrogen (secondary N) is 1. The summed E-state index contributed by atoms with van der Waals surface area (Å²) in [4.78, 5) is 12.5. The summed E-state index contributed by atoms with van der Waals surface area (Å²) in [6, 6.07) is 12.9. The Morgan fingerprint density at radius 2 is 1.79 bits per heavy atom. The highest BCUT2D eigenvalue weighted by molar-refractivity contribution is 6.02. The van der Waals surface area contributed by atoms with Crippen LogP contribution < -0.4 is 5.32 Å². The molecule has 0 atom stereocenters. The monoisotopic (exact) mass is 389 g/mol. The average Bonchev–Trinajstić information content (AvgIpc) is 3.26. The lowest BCUT2D eigenvalue weighted by Gasteiger charge is -2.20. The Bertz CT molecular complexity index is 959. The van der Waals surface area contributed by atoms with E-state index in [1.54, 1.807) is 6.08 Å². The molecule has 1 aromatic carbocycles. The first-order valence-electron chi connectivity index (χ1n) is 10.4. The highest BCUT2D eigenvalue weighted by Crippen LogP contribution is 2.27. The summed E-state index contributed by atoms with van der Waals surface area (Å²) < 4.78 is 2.17. The molecule has 1 aliphatic carbocycles. The van der Waals surface area contributed by atoms with Gasteiger partial charge in [0, 0.05) is 23.1 Å². The van der Waals surface area contributed by atoms with E-state index in [0.717, 1.165) is 48.3 Å². The Hall–Kier alpha value is -2.80. The van der Waals surface area contributed by atoms with E-state index in [4.69, 9.17) is 0 Å². The summed E-state index contributed by atoms with van der Waals surface area (Å²) in [5.74, 6) is -0.265. The van der Waals surface area contributed by atoms with Crippen LogP contribution in [0.2, 0.25) is 0 Å². The number of benzene rings is 1. The third kappa shape index (κ3) is 4.62. The normalized spacial score (nSPS) is 15.4. The summed E-state index contributed by atoms with van der Waals surface area (Å²) in [6.07, 6.45) is 6.01. The number of nitrogens with zero attached hydrogens (tertiary/aromatic N) is 2. The number of hydrogen-bond donors (Lipinski definition) is 1. The van der Waals surface area contributed by atoms with Crippen LogP contribution in [0.3, 0.4) is 0 Å². The van der Waals surface area contributed by atoms with Crippen LogP contribution in [0.4, 0.5) is 0 Å². The van der Waals surface area contributed by atoms with E-state index >= 15 is 0 Å². The van der Waals surface area contributed by atoms with E-state index < -0.39 is 0 Å². The molecule has 4 heteroatoms. The molecule has 0 radical (unpaired) electrons. The SMILES string of the molecule is Cc1cc(/C=C(/C#N)C(=O)NC2CCCC2)c(C)n1-c1ccc(C(C)(C)C)cc1. The Kier molecular flexibility index (Phi) is 5.98. The summed E-state index contributed by atoms with van der Waals surface area (Å²) in [5, 5.41) is 12.5. The van der Waals surface area contributed by atoms with E-state index in [0.29, 0.717) is 0 Å². The molecule has 3 rings (SSSR count). The Balaban J connectivity index is 1.89. The molecule has 1 aromatic heterocycles. The quantitative estimate of drug-likeness (QED) is 0.565. The molecule has 1 fully saturated rings. The van der Waals surface area contributed by atoms with E-state index in [1.807, 2.05) is 19.9 Å². The zero-order valence-corrected chi connectivity index (χ0v) is 18.2. The number of carbonyl (C=O) groups excluding carboxylic acids is 1. The molecule has 152 valence electrons. The fourth-order valence-electron chi connectivity index (χ4n) is 4.08. The van der Waals surface area contributed by atoms with E-state index in [-0.39, 0.29) is 22.9 Å². The van der Waals surface area contributed by atoms with Crippen molar-refractivity contribution in [3.05, 3.63) is 58.4 Å². The molecule has 4 nitrogen and oxygen atoms in total. The van der Waals surface area contributed by atoms with Gasteiger partial charge in [-0.3, -0.25) is 4.79 Å². The Morgan fingerprint density at radius 3 is 2.34 bits per heavy atom. The van der Waals surface area contributed by atoms with Gasteiger partial charge >= 0.3 is 0 Å². The van der Waals surface area contributed by atoms with Crippen LogP contribution >= 0.6 is 0 Å². The largest absolute Gasteiger partial charge is 0.349 e. The predicted molar refractivity (Wildman–Crippen MR) is 118 cm³/mol. The van der Waals surface area contributed by atoms with Crippen molar-refractivity contribution >= 4 is 12.0 Å². The second-order valence-electron chi connectivity index (χ2n) is 9.08. The molecule has 1 amide bonds. The summed E-state index contributed by atoms with van der Waals surface area (Å²) in [6.45, 7) is 10.7. The highest BCUT2D eigenvalue weighted by atomic mass is 16.1. The van der Waals surface area contributed by atoms with E-state index in [2.05, 4.69) is 61.0 Å². The van der Waals surface area contributed by atoms with Crippen LogP contribution in [0.1, 0.15) is 69.0 Å². The zero-order valence-electron chi connectivity index (χ0n) is 18.2. The van der Waals surface area contributed by atoms with Gasteiger partial charge < -0.3 is 9.88 Å². The topological polar surface area (TPSA) is 57.8 Å². The van der Waals surface area contributed by atoms with Crippen molar-refractivity contribution in [3.63, 3.8) is 0 Å². The summed E-state index contributed by atoms with van der Waals surface area (Å²) >= 11 is 0. The van der Waals surface area contributed by atoms with Crippen LogP contribution in [0, 0.1) is 25.2 Å². The lowest BCUT2D eigenvalue weighted by Crippen LogP contribution is -2.33. The first kappa shape index (κ1) is 20.9. The van der Waals surface area contributed by atoms with Crippen LogP contribution in [0.25, 0.3) is 11.8 Å². The number of hydrogen-bond acceptors (Lipinski definition) is 2. The minimum Gasteiger partial charge on any atom is -0.349 e. The van der Waals surface area contributed by atoms with Crippen molar-refractivity contribution in [2.75, 3.05) is 0 Å². The molecule has 0 saturated heterocycles. The number of carbonyl (C=O) groups is 1. The number of aromatic nitrogens is 1. The molecule has 1 heterocycles. The first-order valence-corrected chi connectivity index (χ1v) is 10.4. The fraction of sp³-hybridized carbons (Fsp3) is 0.440. The molecule has 1 aliphatic rings. The van der Waals surface area contributed by atoms with Gasteiger partial charge in [0.15, 0.2) is 0 Å². The van der Waals surface area contributed by atoms with Crippen molar-refractivity contribution in [1.29, 1.82) is 5.26 Å². The molecule has 2 aromatic rings. The first-order chi connectivity index (χ1) is 13.7. The number of rotatable bonds is 4. The van der Waals surface area contributed by atoms with Gasteiger partial charge in [-0.05, 0) is 67.5 Å². The zero-order chi connectivity index (χ0) is 21.2. The van der Waals surface area contributed by atoms with Gasteiger partial charge in [0.1, 0.15) is 11.6 Å². The van der Waals surface area contributed by atoms with Crippen LogP contribution in [0.5, 0.6) is 0 Å². The lowest BCUT2D eigenvalue weighted by atomic mass is 9.87. The molecular formula is C25H31N3O. The van der Waals surface area contributed by atoms with Crippen molar-refractivity contribution in [2.24, 2.45) is 0 Å². The molecule has 1 saturated carbocycles. The minimum absolute atomic E-state index is 0.113. The van der Waals surface area contributed by atoms with E-state index in [9.17, 15) is 10.1 Å². The molecule has 29 heavy (non-hydrogen) atoms. The average molecular weight is 390 g/mol. The second kappa shape index (κ2) is 8.29. The molecule has 0 unspecified atom stereocenters. The van der Waals surface area contributed by atoms with Gasteiger partial charge in [-0.1, -0.05) is 45.7 Å². The van der Waals surface area contributed by atoms with Gasteiger partial charge in [0.2, 0.25) is 0 Å². The van der Waals surface area contributed by atoms with Crippen molar-refractivity contribution in [1.82, 2.24) is 9.88 Å². The van der Waals surface area contributed by atoms with Crippen LogP contribution in [0.15, 0.2) is 35.9 Å². The van der Waals surface area contributed by atoms with Crippen molar-refractivity contribution in [3.8, 4) is 11.8 Å². The van der Waals surface area contributed by atoms with Gasteiger partial charge in [-0.2, -0.15) is 5.26 Å². The number of amides is 1. The Morgan fingerprint density at radius 1 is 1.17 bits per heavy atom. The lowest BCUT2D eigenvalue weighted by molar-refractivity contribution is -0.117. The van der Waals surface area contributed by atoms with Gasteiger partial charge in [-0.15, -0.1) is 0 Å². The summed E-state index contributed by atoms with van der Waals surface area (Å²) in [5.41, 5.74) is 5.65. The fourth-order valence-corrected chi connectivity index (χ4v) is 4.08. The van der Waals surface area contributed by atoms with Gasteiger partial charge in [-0.25, -0.2) is 0 Å². The predicted octanol–water partition coefficient (Wildman–Crippen LogP) is 5.36. The third-order valence-electron chi connectivity index (χ3n) is 5.82. The van der Waals surface area contributed by atoms with Crippen LogP contribution in [-0.4, -0.2) is 16.5 Å². The number of aryl methyl sites for hydroxylation is 1. The standard InChI is InChI=1S/C25H31N3O/c1-17-14-19(15-20(16-26)24(29)27-22-8-6-7-9-22)18(2)28(17)23-12-10-21(11-13-23)25(3,4)5/h10-15,22H,6-9H2,1-5H3,(H,27,29)/b20-15-.